The monoisotopic (exact) mass is 407 g/mol. The van der Waals surface area contributed by atoms with Gasteiger partial charge in [0.05, 0.1) is 0 Å². The van der Waals surface area contributed by atoms with Gasteiger partial charge in [0.2, 0.25) is 0 Å². The van der Waals surface area contributed by atoms with Gasteiger partial charge in [-0.2, -0.15) is 0 Å². The predicted octanol–water partition coefficient (Wildman–Crippen LogP) is 4.33. The normalized spacial score (nSPS) is 12.7. The molecule has 0 bridgehead atoms. The minimum atomic E-state index is -0.865. The third-order valence-corrected chi connectivity index (χ3v) is 4.42. The maximum atomic E-state index is 12.3. The van der Waals surface area contributed by atoms with Crippen LogP contribution in [0.4, 0.5) is 0 Å². The van der Waals surface area contributed by atoms with Gasteiger partial charge in [-0.25, -0.2) is 4.79 Å². The molecule has 0 aliphatic heterocycles. The van der Waals surface area contributed by atoms with Gasteiger partial charge in [0.15, 0.2) is 6.10 Å². The summed E-state index contributed by atoms with van der Waals surface area (Å²) >= 11 is 0. The van der Waals surface area contributed by atoms with E-state index in [1.165, 1.54) is 11.6 Å². The molecule has 0 radical (unpaired) electrons. The Kier molecular flexibility index (Phi) is 9.38. The molecule has 0 unspecified atom stereocenters. The lowest BCUT2D eigenvalue weighted by Gasteiger charge is -2.17. The average Bonchev–Trinajstić information content (AvgIpc) is 2.76. The molecule has 0 spiro atoms. The molecule has 158 valence electrons. The van der Waals surface area contributed by atoms with Gasteiger partial charge in [-0.1, -0.05) is 55.1 Å². The van der Waals surface area contributed by atoms with Crippen molar-refractivity contribution >= 4 is 18.0 Å². The van der Waals surface area contributed by atoms with Crippen LogP contribution >= 0.6 is 0 Å². The Balaban J connectivity index is 1.74. The molecule has 0 saturated carbocycles. The Bertz CT molecular complexity index is 843. The van der Waals surface area contributed by atoms with Crippen molar-refractivity contribution in [2.75, 3.05) is 6.61 Å². The van der Waals surface area contributed by atoms with Crippen LogP contribution in [0.1, 0.15) is 31.4 Å². The van der Waals surface area contributed by atoms with E-state index in [0.29, 0.717) is 6.61 Å². The van der Waals surface area contributed by atoms with Crippen molar-refractivity contribution in [1.82, 2.24) is 5.32 Å². The van der Waals surface area contributed by atoms with Crippen molar-refractivity contribution in [2.45, 2.75) is 38.8 Å². The molecule has 5 heteroatoms. The summed E-state index contributed by atoms with van der Waals surface area (Å²) in [6.07, 6.45) is 5.43. The first-order valence-electron chi connectivity index (χ1n) is 10.0. The number of hydrogen-bond acceptors (Lipinski definition) is 4. The van der Waals surface area contributed by atoms with Gasteiger partial charge in [-0.15, -0.1) is 0 Å². The Morgan fingerprint density at radius 2 is 1.77 bits per heavy atom. The second kappa shape index (κ2) is 12.3. The van der Waals surface area contributed by atoms with Crippen molar-refractivity contribution in [2.24, 2.45) is 0 Å². The minimum absolute atomic E-state index is 0.0174. The molecular formula is C25H29NO4. The fourth-order valence-corrected chi connectivity index (χ4v) is 2.72. The summed E-state index contributed by atoms with van der Waals surface area (Å²) in [7, 11) is 0. The number of aryl methyl sites for hydroxylation is 1. The minimum Gasteiger partial charge on any atom is -0.490 e. The standard InChI is InChI=1S/C25H29NO4/c1-4-18-29-23-15-12-22(13-16-23)14-17-24(27)30-20(3)25(28)26-19(2)10-11-21-8-6-5-7-9-21/h4-9,12-17,19-20H,1,10-11,18H2,2-3H3,(H,26,28)/b17-14+/t19-,20-/m1/s1. The molecule has 0 aliphatic carbocycles. The summed E-state index contributed by atoms with van der Waals surface area (Å²) in [6.45, 7) is 7.54. The van der Waals surface area contributed by atoms with E-state index in [0.717, 1.165) is 24.2 Å². The second-order valence-corrected chi connectivity index (χ2v) is 7.02. The highest BCUT2D eigenvalue weighted by Crippen LogP contribution is 2.13. The van der Waals surface area contributed by atoms with Crippen molar-refractivity contribution in [1.29, 1.82) is 0 Å². The van der Waals surface area contributed by atoms with E-state index < -0.39 is 12.1 Å². The average molecular weight is 408 g/mol. The van der Waals surface area contributed by atoms with Crippen LogP contribution in [0.15, 0.2) is 73.3 Å². The van der Waals surface area contributed by atoms with Crippen molar-refractivity contribution in [3.05, 3.63) is 84.5 Å². The molecule has 0 fully saturated rings. The topological polar surface area (TPSA) is 64.6 Å². The predicted molar refractivity (Wildman–Crippen MR) is 119 cm³/mol. The van der Waals surface area contributed by atoms with Gasteiger partial charge in [-0.05, 0) is 56.0 Å². The first kappa shape index (κ1) is 22.9. The van der Waals surface area contributed by atoms with Crippen LogP contribution in [0.25, 0.3) is 6.08 Å². The molecule has 2 aromatic rings. The molecule has 0 saturated heterocycles. The number of benzene rings is 2. The lowest BCUT2D eigenvalue weighted by molar-refractivity contribution is -0.150. The molecule has 30 heavy (non-hydrogen) atoms. The summed E-state index contributed by atoms with van der Waals surface area (Å²) in [5.74, 6) is -0.149. The van der Waals surface area contributed by atoms with E-state index in [-0.39, 0.29) is 11.9 Å². The smallest absolute Gasteiger partial charge is 0.331 e. The Morgan fingerprint density at radius 3 is 2.43 bits per heavy atom. The zero-order valence-corrected chi connectivity index (χ0v) is 17.5. The number of ether oxygens (including phenoxy) is 2. The highest BCUT2D eigenvalue weighted by Gasteiger charge is 2.18. The summed E-state index contributed by atoms with van der Waals surface area (Å²) in [5, 5.41) is 2.89. The van der Waals surface area contributed by atoms with Gasteiger partial charge in [0.1, 0.15) is 12.4 Å². The Labute approximate surface area is 178 Å². The first-order valence-corrected chi connectivity index (χ1v) is 10.0. The van der Waals surface area contributed by atoms with E-state index in [2.05, 4.69) is 24.0 Å². The molecule has 1 amide bonds. The van der Waals surface area contributed by atoms with E-state index in [4.69, 9.17) is 9.47 Å². The van der Waals surface area contributed by atoms with E-state index in [1.54, 1.807) is 31.2 Å². The van der Waals surface area contributed by atoms with Gasteiger partial charge < -0.3 is 14.8 Å². The third kappa shape index (κ3) is 8.35. The zero-order chi connectivity index (χ0) is 21.8. The molecule has 2 rings (SSSR count). The number of carbonyl (C=O) groups excluding carboxylic acids is 2. The maximum Gasteiger partial charge on any atom is 0.331 e. The summed E-state index contributed by atoms with van der Waals surface area (Å²) in [5.41, 5.74) is 2.05. The lowest BCUT2D eigenvalue weighted by Crippen LogP contribution is -2.40. The van der Waals surface area contributed by atoms with Gasteiger partial charge in [0.25, 0.3) is 5.91 Å². The third-order valence-electron chi connectivity index (χ3n) is 4.42. The number of hydrogen-bond donors (Lipinski definition) is 1. The molecule has 2 atom stereocenters. The summed E-state index contributed by atoms with van der Waals surface area (Å²) < 4.78 is 10.6. The van der Waals surface area contributed by atoms with E-state index >= 15 is 0 Å². The van der Waals surface area contributed by atoms with E-state index in [1.807, 2.05) is 37.3 Å². The highest BCUT2D eigenvalue weighted by atomic mass is 16.5. The summed E-state index contributed by atoms with van der Waals surface area (Å²) in [4.78, 5) is 24.3. The van der Waals surface area contributed by atoms with Crippen LogP contribution in [-0.4, -0.2) is 30.6 Å². The Morgan fingerprint density at radius 1 is 1.07 bits per heavy atom. The van der Waals surface area contributed by atoms with Crippen LogP contribution in [0.5, 0.6) is 5.75 Å². The number of esters is 1. The largest absolute Gasteiger partial charge is 0.490 e. The summed E-state index contributed by atoms with van der Waals surface area (Å²) in [6, 6.07) is 17.4. The van der Waals surface area contributed by atoms with E-state index in [9.17, 15) is 9.59 Å². The van der Waals surface area contributed by atoms with Crippen molar-refractivity contribution < 1.29 is 19.1 Å². The van der Waals surface area contributed by atoms with Crippen molar-refractivity contribution in [3.63, 3.8) is 0 Å². The van der Waals surface area contributed by atoms with Crippen molar-refractivity contribution in [3.8, 4) is 5.75 Å². The lowest BCUT2D eigenvalue weighted by atomic mass is 10.1. The number of amides is 1. The zero-order valence-electron chi connectivity index (χ0n) is 17.5. The maximum absolute atomic E-state index is 12.3. The molecule has 2 aromatic carbocycles. The number of nitrogens with one attached hydrogen (secondary N) is 1. The van der Waals surface area contributed by atoms with Crippen LogP contribution in [0.3, 0.4) is 0 Å². The number of rotatable bonds is 11. The number of carbonyl (C=O) groups is 2. The fraction of sp³-hybridized carbons (Fsp3) is 0.280. The second-order valence-electron chi connectivity index (χ2n) is 7.02. The fourth-order valence-electron chi connectivity index (χ4n) is 2.72. The Hall–Kier alpha value is -3.34. The molecule has 0 aliphatic rings. The van der Waals surface area contributed by atoms with Crippen LogP contribution in [0, 0.1) is 0 Å². The molecule has 0 aromatic heterocycles. The van der Waals surface area contributed by atoms with Crippen LogP contribution in [-0.2, 0) is 20.7 Å². The molecule has 1 N–H and O–H groups in total. The van der Waals surface area contributed by atoms with Gasteiger partial charge >= 0.3 is 5.97 Å². The molecule has 0 heterocycles. The highest BCUT2D eigenvalue weighted by molar-refractivity contribution is 5.90. The van der Waals surface area contributed by atoms with Gasteiger partial charge in [0, 0.05) is 12.1 Å². The van der Waals surface area contributed by atoms with Crippen LogP contribution in [0.2, 0.25) is 0 Å². The first-order chi connectivity index (χ1) is 14.5. The van der Waals surface area contributed by atoms with Crippen LogP contribution < -0.4 is 10.1 Å². The SMILES string of the molecule is C=CCOc1ccc(/C=C/C(=O)O[C@H](C)C(=O)N[C@H](C)CCc2ccccc2)cc1. The van der Waals surface area contributed by atoms with Gasteiger partial charge in [-0.3, -0.25) is 4.79 Å². The quantitative estimate of drug-likeness (QED) is 0.342. The molecule has 5 nitrogen and oxygen atoms in total. The molecular weight excluding hydrogens is 378 g/mol.